The Bertz CT molecular complexity index is 988. The van der Waals surface area contributed by atoms with Gasteiger partial charge in [0.05, 0.1) is 11.7 Å². The van der Waals surface area contributed by atoms with E-state index in [1.807, 2.05) is 6.07 Å². The second kappa shape index (κ2) is 8.33. The molecule has 2 unspecified atom stereocenters. The van der Waals surface area contributed by atoms with Crippen LogP contribution in [0.1, 0.15) is 65.7 Å². The summed E-state index contributed by atoms with van der Waals surface area (Å²) in [6.07, 6.45) is 3.34. The fourth-order valence-electron chi connectivity index (χ4n) is 7.19. The summed E-state index contributed by atoms with van der Waals surface area (Å²) < 4.78 is 39.2. The Morgan fingerprint density at radius 2 is 1.79 bits per heavy atom. The minimum absolute atomic E-state index is 0.0172. The van der Waals surface area contributed by atoms with Crippen LogP contribution in [0.25, 0.3) is 0 Å². The number of amides is 2. The second-order valence-corrected chi connectivity index (χ2v) is 13.0. The first-order valence-electron chi connectivity index (χ1n) is 11.8. The van der Waals surface area contributed by atoms with Gasteiger partial charge in [0.1, 0.15) is 17.7 Å². The van der Waals surface area contributed by atoms with Crippen LogP contribution in [0.3, 0.4) is 0 Å². The number of ether oxygens (including phenoxy) is 1. The van der Waals surface area contributed by atoms with E-state index >= 15 is 0 Å². The minimum atomic E-state index is -4.51. The Kier molecular flexibility index (Phi) is 6.16. The van der Waals surface area contributed by atoms with Gasteiger partial charge in [0.25, 0.3) is 0 Å². The predicted molar refractivity (Wildman–Crippen MR) is 119 cm³/mol. The lowest BCUT2D eigenvalue weighted by Crippen LogP contribution is -2.66. The number of carbonyl (C=O) groups is 2. The molecule has 0 radical (unpaired) electrons. The number of nitriles is 1. The Morgan fingerprint density at radius 1 is 1.18 bits per heavy atom. The maximum atomic E-state index is 13.9. The topological polar surface area (TPSA) is 169 Å². The van der Waals surface area contributed by atoms with Crippen molar-refractivity contribution in [3.05, 3.63) is 0 Å². The highest BCUT2D eigenvalue weighted by atomic mass is 32.2. The monoisotopic (exact) mass is 498 g/mol. The maximum Gasteiger partial charge on any atom is 0.408 e. The number of hydrogen-bond acceptors (Lipinski definition) is 7. The van der Waals surface area contributed by atoms with Crippen molar-refractivity contribution in [3.8, 4) is 6.07 Å². The van der Waals surface area contributed by atoms with E-state index in [9.17, 15) is 28.4 Å². The summed E-state index contributed by atoms with van der Waals surface area (Å²) in [7, 11) is -4.51. The van der Waals surface area contributed by atoms with Gasteiger partial charge in [-0.05, 0) is 77.6 Å². The highest BCUT2D eigenvalue weighted by Crippen LogP contribution is 2.63. The predicted octanol–water partition coefficient (Wildman–Crippen LogP) is 1.10. The first-order valence-corrected chi connectivity index (χ1v) is 13.2. The van der Waals surface area contributed by atoms with E-state index in [2.05, 4.69) is 10.0 Å². The van der Waals surface area contributed by atoms with Gasteiger partial charge in [0.2, 0.25) is 5.91 Å². The standard InChI is InChI=1S/C22H34N4O7S/c1-20(2,3)33-19(28)24-17(21-6-13-4-14(7-21)9-22(29,8-13)12-21)18(27)26-11-15(5-16(26)10-23)25-34(30,31)32/h13-17,25,29H,4-9,11-12H2,1-3H3,(H,24,28)(H,30,31,32)/t13?,14?,15-,16-,17+,21?,22?/m0/s1. The van der Waals surface area contributed by atoms with Crippen molar-refractivity contribution < 1.29 is 32.4 Å². The van der Waals surface area contributed by atoms with Gasteiger partial charge in [-0.2, -0.15) is 18.4 Å². The summed E-state index contributed by atoms with van der Waals surface area (Å²) in [6, 6.07) is -0.746. The van der Waals surface area contributed by atoms with E-state index in [0.717, 1.165) is 6.42 Å². The Hall–Kier alpha value is -1.94. The first kappa shape index (κ1) is 25.2. The summed E-state index contributed by atoms with van der Waals surface area (Å²) in [5, 5.41) is 23.7. The van der Waals surface area contributed by atoms with Gasteiger partial charge in [0, 0.05) is 18.0 Å². The maximum absolute atomic E-state index is 13.9. The van der Waals surface area contributed by atoms with E-state index in [1.54, 1.807) is 20.8 Å². The van der Waals surface area contributed by atoms with E-state index in [0.29, 0.717) is 32.1 Å². The van der Waals surface area contributed by atoms with Gasteiger partial charge >= 0.3 is 16.4 Å². The molecule has 4 N–H and O–H groups in total. The van der Waals surface area contributed by atoms with Crippen LogP contribution in [-0.4, -0.2) is 70.8 Å². The number of carbonyl (C=O) groups excluding carboxylic acids is 2. The lowest BCUT2D eigenvalue weighted by Gasteiger charge is -2.62. The van der Waals surface area contributed by atoms with Crippen LogP contribution < -0.4 is 10.0 Å². The third-order valence-electron chi connectivity index (χ3n) is 7.64. The summed E-state index contributed by atoms with van der Waals surface area (Å²) >= 11 is 0. The molecule has 1 saturated heterocycles. The SMILES string of the molecule is CC(C)(C)OC(=O)N[C@H](C(=O)N1C[C@@H](NS(=O)(=O)O)C[C@H]1C#N)C12CC3CC(CC(O)(C3)C1)C2. The van der Waals surface area contributed by atoms with Gasteiger partial charge in [-0.25, -0.2) is 4.79 Å². The highest BCUT2D eigenvalue weighted by molar-refractivity contribution is 7.83. The molecule has 4 bridgehead atoms. The molecule has 4 aliphatic carbocycles. The van der Waals surface area contributed by atoms with Crippen LogP contribution in [0.5, 0.6) is 0 Å². The zero-order valence-electron chi connectivity index (χ0n) is 19.8. The summed E-state index contributed by atoms with van der Waals surface area (Å²) in [4.78, 5) is 28.0. The number of hydrogen-bond donors (Lipinski definition) is 4. The average molecular weight is 499 g/mol. The van der Waals surface area contributed by atoms with Crippen LogP contribution >= 0.6 is 0 Å². The molecular formula is C22H34N4O7S. The fraction of sp³-hybridized carbons (Fsp3) is 0.864. The number of nitrogens with zero attached hydrogens (tertiary/aromatic N) is 2. The first-order chi connectivity index (χ1) is 15.6. The smallest absolute Gasteiger partial charge is 0.408 e. The fourth-order valence-corrected chi connectivity index (χ4v) is 7.78. The van der Waals surface area contributed by atoms with Crippen molar-refractivity contribution in [2.24, 2.45) is 17.3 Å². The van der Waals surface area contributed by atoms with Crippen molar-refractivity contribution >= 4 is 22.3 Å². The third-order valence-corrected chi connectivity index (χ3v) is 8.28. The van der Waals surface area contributed by atoms with Gasteiger partial charge in [-0.3, -0.25) is 9.35 Å². The molecule has 5 rings (SSSR count). The lowest BCUT2D eigenvalue weighted by atomic mass is 9.46. The van der Waals surface area contributed by atoms with Gasteiger partial charge < -0.3 is 20.1 Å². The van der Waals surface area contributed by atoms with E-state index in [-0.39, 0.29) is 24.8 Å². The van der Waals surface area contributed by atoms with E-state index < -0.39 is 57.0 Å². The zero-order valence-corrected chi connectivity index (χ0v) is 20.6. The molecule has 5 aliphatic rings. The quantitative estimate of drug-likeness (QED) is 0.408. The molecule has 5 fully saturated rings. The lowest BCUT2D eigenvalue weighted by molar-refractivity contribution is -0.180. The number of alkyl carbamates (subject to hydrolysis) is 1. The molecule has 2 amide bonds. The van der Waals surface area contributed by atoms with E-state index in [4.69, 9.17) is 9.29 Å². The molecule has 0 aromatic rings. The molecule has 1 heterocycles. The summed E-state index contributed by atoms with van der Waals surface area (Å²) in [5.41, 5.74) is -2.35. The average Bonchev–Trinajstić information content (AvgIpc) is 3.03. The number of rotatable bonds is 5. The molecule has 1 aliphatic heterocycles. The molecule has 0 aromatic heterocycles. The van der Waals surface area contributed by atoms with Crippen molar-refractivity contribution in [1.29, 1.82) is 5.26 Å². The molecule has 0 spiro atoms. The zero-order chi connectivity index (χ0) is 25.1. The molecule has 12 heteroatoms. The van der Waals surface area contributed by atoms with Crippen LogP contribution in [0.4, 0.5) is 4.79 Å². The van der Waals surface area contributed by atoms with Crippen LogP contribution in [0, 0.1) is 28.6 Å². The molecule has 4 saturated carbocycles. The van der Waals surface area contributed by atoms with Crippen molar-refractivity contribution in [3.63, 3.8) is 0 Å². The molecule has 190 valence electrons. The molecule has 5 atom stereocenters. The van der Waals surface area contributed by atoms with Gasteiger partial charge in [0.15, 0.2) is 0 Å². The van der Waals surface area contributed by atoms with Crippen LogP contribution in [0.2, 0.25) is 0 Å². The molecule has 11 nitrogen and oxygen atoms in total. The largest absolute Gasteiger partial charge is 0.444 e. The second-order valence-electron chi connectivity index (χ2n) is 11.8. The Balaban J connectivity index is 1.64. The minimum Gasteiger partial charge on any atom is -0.444 e. The number of nitrogens with one attached hydrogen (secondary N) is 2. The van der Waals surface area contributed by atoms with Crippen molar-refractivity contribution in [2.45, 2.75) is 95.0 Å². The summed E-state index contributed by atoms with van der Waals surface area (Å²) in [6.45, 7) is 5.04. The van der Waals surface area contributed by atoms with Crippen LogP contribution in [-0.2, 0) is 19.8 Å². The van der Waals surface area contributed by atoms with Crippen molar-refractivity contribution in [1.82, 2.24) is 14.9 Å². The molecule has 34 heavy (non-hydrogen) atoms. The number of aliphatic hydroxyl groups is 1. The number of likely N-dealkylation sites (tertiary alicyclic amines) is 1. The molecule has 0 aromatic carbocycles. The third kappa shape index (κ3) is 5.17. The molecular weight excluding hydrogens is 464 g/mol. The summed E-state index contributed by atoms with van der Waals surface area (Å²) in [5.74, 6) is 0.00477. The van der Waals surface area contributed by atoms with Gasteiger partial charge in [-0.15, -0.1) is 0 Å². The Morgan fingerprint density at radius 3 is 2.29 bits per heavy atom. The van der Waals surface area contributed by atoms with Crippen molar-refractivity contribution in [2.75, 3.05) is 6.54 Å². The normalized spacial score (nSPS) is 37.8. The van der Waals surface area contributed by atoms with E-state index in [1.165, 1.54) is 4.90 Å². The highest BCUT2D eigenvalue weighted by Gasteiger charge is 2.62. The van der Waals surface area contributed by atoms with Gasteiger partial charge in [-0.1, -0.05) is 0 Å². The van der Waals surface area contributed by atoms with Crippen LogP contribution in [0.15, 0.2) is 0 Å². The Labute approximate surface area is 200 Å².